The van der Waals surface area contributed by atoms with Gasteiger partial charge in [-0.2, -0.15) is 0 Å². The lowest BCUT2D eigenvalue weighted by Gasteiger charge is -2.43. The molecule has 244 valence electrons. The molecule has 6 rings (SSSR count). The third-order valence-corrected chi connectivity index (χ3v) is 10.4. The second-order valence-corrected chi connectivity index (χ2v) is 14.4. The standard InChI is InChI=1S/C43H52N4/c1-29(2)37-21-16-22-38(42(37)45-26-25-44(35(45)8)39-23-13-11-17-30(39)3)34(7)27-36-28-46(40-24-14-12-18-31(40)4)43(9,10)47(36)41-32(5)19-15-20-33(41)6/h11-26,28-29,34-35H,27H2,1-10H3. The number of benzene rings is 4. The first-order valence-electron chi connectivity index (χ1n) is 17.3. The maximum absolute atomic E-state index is 2.62. The summed E-state index contributed by atoms with van der Waals surface area (Å²) in [6.45, 7) is 23.0. The van der Waals surface area contributed by atoms with Crippen LogP contribution in [-0.4, -0.2) is 11.8 Å². The second-order valence-electron chi connectivity index (χ2n) is 14.4. The van der Waals surface area contributed by atoms with E-state index in [9.17, 15) is 0 Å². The zero-order valence-corrected chi connectivity index (χ0v) is 30.0. The largest absolute Gasteiger partial charge is 0.325 e. The van der Waals surface area contributed by atoms with Crippen molar-refractivity contribution in [2.45, 2.75) is 99.3 Å². The number of anilines is 4. The number of rotatable bonds is 8. The fourth-order valence-corrected chi connectivity index (χ4v) is 7.83. The van der Waals surface area contributed by atoms with Crippen molar-refractivity contribution < 1.29 is 0 Å². The van der Waals surface area contributed by atoms with Gasteiger partial charge >= 0.3 is 0 Å². The van der Waals surface area contributed by atoms with Gasteiger partial charge in [0.2, 0.25) is 0 Å². The van der Waals surface area contributed by atoms with Crippen LogP contribution in [0.2, 0.25) is 0 Å². The van der Waals surface area contributed by atoms with E-state index in [0.29, 0.717) is 5.92 Å². The zero-order chi connectivity index (χ0) is 33.6. The number of aryl methyl sites for hydroxylation is 4. The highest BCUT2D eigenvalue weighted by Crippen LogP contribution is 2.47. The molecule has 4 heteroatoms. The molecule has 0 saturated carbocycles. The van der Waals surface area contributed by atoms with Gasteiger partial charge in [-0.15, -0.1) is 0 Å². The Bertz CT molecular complexity index is 1810. The number of allylic oxidation sites excluding steroid dienone is 1. The fraction of sp³-hybridized carbons (Fsp3) is 0.349. The topological polar surface area (TPSA) is 13.0 Å². The van der Waals surface area contributed by atoms with Crippen LogP contribution in [0.4, 0.5) is 22.7 Å². The van der Waals surface area contributed by atoms with Crippen molar-refractivity contribution in [3.05, 3.63) is 143 Å². The molecule has 0 N–H and O–H groups in total. The van der Waals surface area contributed by atoms with Crippen LogP contribution in [0, 0.1) is 27.7 Å². The highest BCUT2D eigenvalue weighted by molar-refractivity contribution is 5.73. The Labute approximate surface area is 283 Å². The Kier molecular flexibility index (Phi) is 8.74. The monoisotopic (exact) mass is 624 g/mol. The molecule has 4 aromatic carbocycles. The summed E-state index contributed by atoms with van der Waals surface area (Å²) in [5, 5.41) is 0. The average molecular weight is 625 g/mol. The molecule has 2 unspecified atom stereocenters. The zero-order valence-electron chi connectivity index (χ0n) is 30.0. The molecule has 0 aromatic heterocycles. The quantitative estimate of drug-likeness (QED) is 0.193. The molecule has 2 aliphatic rings. The van der Waals surface area contributed by atoms with Crippen LogP contribution in [-0.2, 0) is 0 Å². The molecule has 2 atom stereocenters. The molecule has 2 aliphatic heterocycles. The van der Waals surface area contributed by atoms with Crippen molar-refractivity contribution in [1.29, 1.82) is 0 Å². The van der Waals surface area contributed by atoms with E-state index >= 15 is 0 Å². The van der Waals surface area contributed by atoms with Gasteiger partial charge in [0.25, 0.3) is 0 Å². The third kappa shape index (κ3) is 5.73. The van der Waals surface area contributed by atoms with E-state index in [2.05, 4.69) is 192 Å². The number of para-hydroxylation sites is 4. The summed E-state index contributed by atoms with van der Waals surface area (Å²) in [6.07, 6.45) is 8.05. The van der Waals surface area contributed by atoms with Gasteiger partial charge in [0.05, 0.1) is 0 Å². The van der Waals surface area contributed by atoms with E-state index in [1.54, 1.807) is 0 Å². The van der Waals surface area contributed by atoms with Crippen LogP contribution in [0.5, 0.6) is 0 Å². The van der Waals surface area contributed by atoms with Crippen molar-refractivity contribution in [3.63, 3.8) is 0 Å². The highest BCUT2D eigenvalue weighted by Gasteiger charge is 2.43. The highest BCUT2D eigenvalue weighted by atomic mass is 15.4. The van der Waals surface area contributed by atoms with Gasteiger partial charge in [-0.1, -0.05) is 93.6 Å². The molecule has 0 radical (unpaired) electrons. The van der Waals surface area contributed by atoms with Crippen molar-refractivity contribution in [3.8, 4) is 0 Å². The first-order valence-corrected chi connectivity index (χ1v) is 17.3. The summed E-state index contributed by atoms with van der Waals surface area (Å²) >= 11 is 0. The second kappa shape index (κ2) is 12.6. The minimum atomic E-state index is -0.291. The average Bonchev–Trinajstić information content (AvgIpc) is 3.52. The lowest BCUT2D eigenvalue weighted by molar-refractivity contribution is 0.514. The van der Waals surface area contributed by atoms with Gasteiger partial charge in [-0.3, -0.25) is 0 Å². The van der Waals surface area contributed by atoms with E-state index < -0.39 is 0 Å². The molecule has 0 aliphatic carbocycles. The summed E-state index contributed by atoms with van der Waals surface area (Å²) in [4.78, 5) is 10.0. The number of nitrogens with zero attached hydrogens (tertiary/aromatic N) is 4. The Hall–Kier alpha value is -4.44. The maximum Gasteiger partial charge on any atom is 0.115 e. The van der Waals surface area contributed by atoms with Gasteiger partial charge in [-0.05, 0) is 112 Å². The van der Waals surface area contributed by atoms with Gasteiger partial charge in [0, 0.05) is 47.0 Å². The van der Waals surface area contributed by atoms with E-state index in [0.717, 1.165) is 6.42 Å². The Balaban J connectivity index is 1.43. The molecular formula is C43H52N4. The van der Waals surface area contributed by atoms with Crippen LogP contribution >= 0.6 is 0 Å². The lowest BCUT2D eigenvalue weighted by atomic mass is 9.88. The van der Waals surface area contributed by atoms with Crippen molar-refractivity contribution in [2.75, 3.05) is 19.6 Å². The summed E-state index contributed by atoms with van der Waals surface area (Å²) in [6, 6.07) is 31.1. The number of hydrogen-bond donors (Lipinski definition) is 0. The predicted molar refractivity (Wildman–Crippen MR) is 203 cm³/mol. The van der Waals surface area contributed by atoms with Crippen LogP contribution in [0.15, 0.2) is 109 Å². The molecule has 4 aromatic rings. The smallest absolute Gasteiger partial charge is 0.115 e. The van der Waals surface area contributed by atoms with Crippen LogP contribution in [0.1, 0.15) is 93.2 Å². The molecule has 4 nitrogen and oxygen atoms in total. The van der Waals surface area contributed by atoms with Gasteiger partial charge in [0.1, 0.15) is 11.8 Å². The summed E-state index contributed by atoms with van der Waals surface area (Å²) in [5.41, 5.74) is 14.2. The number of hydrogen-bond acceptors (Lipinski definition) is 4. The molecule has 0 amide bonds. The molecule has 0 saturated heterocycles. The van der Waals surface area contributed by atoms with Crippen molar-refractivity contribution >= 4 is 22.7 Å². The molecule has 0 spiro atoms. The van der Waals surface area contributed by atoms with Gasteiger partial charge in [-0.25, -0.2) is 0 Å². The third-order valence-electron chi connectivity index (χ3n) is 10.4. The van der Waals surface area contributed by atoms with Crippen LogP contribution in [0.25, 0.3) is 0 Å². The lowest BCUT2D eigenvalue weighted by Crippen LogP contribution is -2.50. The minimum Gasteiger partial charge on any atom is -0.325 e. The van der Waals surface area contributed by atoms with Crippen molar-refractivity contribution in [1.82, 2.24) is 0 Å². The van der Waals surface area contributed by atoms with E-state index in [1.807, 2.05) is 0 Å². The van der Waals surface area contributed by atoms with Crippen molar-refractivity contribution in [2.24, 2.45) is 0 Å². The van der Waals surface area contributed by atoms with E-state index in [1.165, 1.54) is 61.8 Å². The molecular weight excluding hydrogens is 573 g/mol. The van der Waals surface area contributed by atoms with E-state index in [4.69, 9.17) is 0 Å². The van der Waals surface area contributed by atoms with Gasteiger partial charge in [0.15, 0.2) is 0 Å². The maximum atomic E-state index is 2.62. The predicted octanol–water partition coefficient (Wildman–Crippen LogP) is 11.3. The first-order chi connectivity index (χ1) is 22.4. The summed E-state index contributed by atoms with van der Waals surface area (Å²) < 4.78 is 0. The first kappa shape index (κ1) is 32.5. The Morgan fingerprint density at radius 3 is 1.77 bits per heavy atom. The fourth-order valence-electron chi connectivity index (χ4n) is 7.83. The SMILES string of the molecule is Cc1ccccc1N1C=CN(c2c(C(C)C)cccc2C(C)CC2=CN(c3ccccc3C)C(C)(C)N2c2c(C)cccc2C)C1C. The van der Waals surface area contributed by atoms with Crippen LogP contribution < -0.4 is 19.6 Å². The Morgan fingerprint density at radius 2 is 1.15 bits per heavy atom. The normalized spacial score (nSPS) is 18.0. The minimum absolute atomic E-state index is 0.161. The molecule has 2 heterocycles. The Morgan fingerprint density at radius 1 is 0.617 bits per heavy atom. The van der Waals surface area contributed by atoms with Gasteiger partial charge < -0.3 is 19.6 Å². The van der Waals surface area contributed by atoms with Crippen LogP contribution in [0.3, 0.4) is 0 Å². The van der Waals surface area contributed by atoms with E-state index in [-0.39, 0.29) is 17.7 Å². The molecule has 0 bridgehead atoms. The molecule has 0 fully saturated rings. The molecule has 47 heavy (non-hydrogen) atoms. The summed E-state index contributed by atoms with van der Waals surface area (Å²) in [7, 11) is 0. The summed E-state index contributed by atoms with van der Waals surface area (Å²) in [5.74, 6) is 0.681.